The van der Waals surface area contributed by atoms with Crippen molar-refractivity contribution in [3.8, 4) is 0 Å². The lowest BCUT2D eigenvalue weighted by Gasteiger charge is -2.08. The molecule has 2 aromatic heterocycles. The highest BCUT2D eigenvalue weighted by Gasteiger charge is 2.03. The van der Waals surface area contributed by atoms with Crippen molar-refractivity contribution in [1.29, 1.82) is 0 Å². The molecule has 2 heterocycles. The van der Waals surface area contributed by atoms with Gasteiger partial charge in [-0.3, -0.25) is 0 Å². The van der Waals surface area contributed by atoms with Gasteiger partial charge in [-0.05, 0) is 36.8 Å². The average molecular weight is 266 g/mol. The molecule has 6 heteroatoms. The molecular formula is C12H18N4OS. The molecule has 0 aliphatic rings. The molecule has 98 valence electrons. The molecule has 2 N–H and O–H groups in total. The molecule has 18 heavy (non-hydrogen) atoms. The summed E-state index contributed by atoms with van der Waals surface area (Å²) in [5, 5.41) is 16.2. The number of hydrogen-bond acceptors (Lipinski definition) is 5. The van der Waals surface area contributed by atoms with Gasteiger partial charge in [0.2, 0.25) is 0 Å². The Kier molecular flexibility index (Phi) is 4.83. The molecule has 2 rings (SSSR count). The van der Waals surface area contributed by atoms with Crippen LogP contribution in [0.3, 0.4) is 0 Å². The van der Waals surface area contributed by atoms with Gasteiger partial charge in [-0.2, -0.15) is 21.4 Å². The zero-order chi connectivity index (χ0) is 12.8. The van der Waals surface area contributed by atoms with Crippen LogP contribution in [0.4, 0.5) is 5.82 Å². The van der Waals surface area contributed by atoms with Crippen LogP contribution in [0.2, 0.25) is 0 Å². The monoisotopic (exact) mass is 266 g/mol. The quantitative estimate of drug-likeness (QED) is 0.745. The minimum Gasteiger partial charge on any atom is -0.396 e. The van der Waals surface area contributed by atoms with E-state index in [1.807, 2.05) is 22.3 Å². The van der Waals surface area contributed by atoms with E-state index < -0.39 is 0 Å². The van der Waals surface area contributed by atoms with Crippen molar-refractivity contribution >= 4 is 23.2 Å². The molecule has 0 fully saturated rings. The van der Waals surface area contributed by atoms with E-state index in [4.69, 9.17) is 5.11 Å². The Bertz CT molecular complexity index is 500. The molecule has 0 radical (unpaired) electrons. The fourth-order valence-corrected chi connectivity index (χ4v) is 2.49. The number of aliphatic hydroxyl groups excluding tert-OH is 1. The molecule has 0 aliphatic carbocycles. The molecule has 5 nitrogen and oxygen atoms in total. The van der Waals surface area contributed by atoms with Gasteiger partial charge >= 0.3 is 0 Å². The van der Waals surface area contributed by atoms with Crippen LogP contribution in [0.15, 0.2) is 18.5 Å². The van der Waals surface area contributed by atoms with E-state index in [1.54, 1.807) is 6.33 Å². The molecule has 0 spiro atoms. The first-order chi connectivity index (χ1) is 8.81. The van der Waals surface area contributed by atoms with Gasteiger partial charge in [0, 0.05) is 18.9 Å². The summed E-state index contributed by atoms with van der Waals surface area (Å²) in [5.74, 6) is 3.00. The van der Waals surface area contributed by atoms with Crippen LogP contribution < -0.4 is 5.32 Å². The Labute approximate surface area is 111 Å². The lowest BCUT2D eigenvalue weighted by atomic mass is 10.3. The molecule has 0 bridgehead atoms. The first kappa shape index (κ1) is 13.2. The third-order valence-corrected chi connectivity index (χ3v) is 3.59. The number of rotatable bonds is 7. The standard InChI is InChI=1S/C12H18N4OS/c1-10-7-11(13-3-6-18-5-2-4-17)16-12(8-10)14-9-15-16/h7-9,13,17H,2-6H2,1H3. The molecular weight excluding hydrogens is 248 g/mol. The van der Waals surface area contributed by atoms with Crippen molar-refractivity contribution in [3.05, 3.63) is 24.0 Å². The van der Waals surface area contributed by atoms with E-state index in [0.29, 0.717) is 0 Å². The van der Waals surface area contributed by atoms with Gasteiger partial charge in [0.1, 0.15) is 12.1 Å². The Morgan fingerprint density at radius 3 is 3.11 bits per heavy atom. The van der Waals surface area contributed by atoms with Crippen LogP contribution in [0.1, 0.15) is 12.0 Å². The Balaban J connectivity index is 1.89. The number of hydrogen-bond donors (Lipinski definition) is 2. The topological polar surface area (TPSA) is 62.5 Å². The smallest absolute Gasteiger partial charge is 0.157 e. The largest absolute Gasteiger partial charge is 0.396 e. The number of thioether (sulfide) groups is 1. The summed E-state index contributed by atoms with van der Waals surface area (Å²) in [6.07, 6.45) is 2.43. The summed E-state index contributed by atoms with van der Waals surface area (Å²) in [6.45, 7) is 3.21. The summed E-state index contributed by atoms with van der Waals surface area (Å²) in [6, 6.07) is 4.08. The number of nitrogens with zero attached hydrogens (tertiary/aromatic N) is 3. The van der Waals surface area contributed by atoms with Crippen LogP contribution in [-0.4, -0.2) is 44.4 Å². The Morgan fingerprint density at radius 2 is 2.28 bits per heavy atom. The first-order valence-electron chi connectivity index (χ1n) is 6.04. The molecule has 0 aromatic carbocycles. The van der Waals surface area contributed by atoms with Crippen molar-refractivity contribution in [3.63, 3.8) is 0 Å². The molecule has 0 aliphatic heterocycles. The third-order valence-electron chi connectivity index (χ3n) is 2.52. The number of nitrogens with one attached hydrogen (secondary N) is 1. The summed E-state index contributed by atoms with van der Waals surface area (Å²) >= 11 is 1.84. The predicted molar refractivity (Wildman–Crippen MR) is 75.2 cm³/mol. The lowest BCUT2D eigenvalue weighted by Crippen LogP contribution is -2.09. The van der Waals surface area contributed by atoms with E-state index >= 15 is 0 Å². The van der Waals surface area contributed by atoms with Crippen LogP contribution in [0.25, 0.3) is 5.65 Å². The fraction of sp³-hybridized carbons (Fsp3) is 0.500. The van der Waals surface area contributed by atoms with Gasteiger partial charge in [0.15, 0.2) is 5.65 Å². The normalized spacial score (nSPS) is 11.0. The maximum Gasteiger partial charge on any atom is 0.157 e. The van der Waals surface area contributed by atoms with Crippen LogP contribution in [0, 0.1) is 6.92 Å². The molecule has 2 aromatic rings. The highest BCUT2D eigenvalue weighted by molar-refractivity contribution is 7.99. The first-order valence-corrected chi connectivity index (χ1v) is 7.19. The van der Waals surface area contributed by atoms with E-state index in [0.717, 1.165) is 35.9 Å². The van der Waals surface area contributed by atoms with Crippen molar-refractivity contribution in [2.75, 3.05) is 30.0 Å². The zero-order valence-electron chi connectivity index (χ0n) is 10.5. The highest BCUT2D eigenvalue weighted by atomic mass is 32.2. The van der Waals surface area contributed by atoms with E-state index in [1.165, 1.54) is 5.56 Å². The molecule has 0 atom stereocenters. The number of fused-ring (bicyclic) bond motifs is 1. The van der Waals surface area contributed by atoms with Gasteiger partial charge in [0.25, 0.3) is 0 Å². The van der Waals surface area contributed by atoms with E-state index in [2.05, 4.69) is 28.4 Å². The number of aromatic nitrogens is 3. The maximum atomic E-state index is 8.68. The SMILES string of the molecule is Cc1cc(NCCSCCCO)n2ncnc2c1. The second kappa shape index (κ2) is 6.61. The summed E-state index contributed by atoms with van der Waals surface area (Å²) in [5.41, 5.74) is 2.04. The number of aliphatic hydroxyl groups is 1. The minimum absolute atomic E-state index is 0.276. The maximum absolute atomic E-state index is 8.68. The van der Waals surface area contributed by atoms with Gasteiger partial charge < -0.3 is 10.4 Å². The predicted octanol–water partition coefficient (Wildman–Crippen LogP) is 1.57. The van der Waals surface area contributed by atoms with E-state index in [9.17, 15) is 0 Å². The second-order valence-electron chi connectivity index (χ2n) is 4.06. The van der Waals surface area contributed by atoms with Gasteiger partial charge in [-0.1, -0.05) is 0 Å². The van der Waals surface area contributed by atoms with Crippen molar-refractivity contribution in [2.45, 2.75) is 13.3 Å². The van der Waals surface area contributed by atoms with Gasteiger partial charge in [-0.15, -0.1) is 0 Å². The number of anilines is 1. The molecule has 0 unspecified atom stereocenters. The molecule has 0 saturated carbocycles. The van der Waals surface area contributed by atoms with Crippen molar-refractivity contribution in [1.82, 2.24) is 14.6 Å². The fourth-order valence-electron chi connectivity index (χ4n) is 1.70. The summed E-state index contributed by atoms with van der Waals surface area (Å²) in [4.78, 5) is 4.19. The second-order valence-corrected chi connectivity index (χ2v) is 5.29. The van der Waals surface area contributed by atoms with Crippen LogP contribution in [-0.2, 0) is 0 Å². The van der Waals surface area contributed by atoms with Gasteiger partial charge in [-0.25, -0.2) is 4.98 Å². The Hall–Kier alpha value is -1.27. The van der Waals surface area contributed by atoms with Crippen molar-refractivity contribution < 1.29 is 5.11 Å². The number of pyridine rings is 1. The highest BCUT2D eigenvalue weighted by Crippen LogP contribution is 2.13. The lowest BCUT2D eigenvalue weighted by molar-refractivity contribution is 0.296. The van der Waals surface area contributed by atoms with Crippen LogP contribution >= 0.6 is 11.8 Å². The van der Waals surface area contributed by atoms with E-state index in [-0.39, 0.29) is 6.61 Å². The average Bonchev–Trinajstić information content (AvgIpc) is 2.81. The number of aryl methyl sites for hydroxylation is 1. The molecule has 0 amide bonds. The summed E-state index contributed by atoms with van der Waals surface area (Å²) < 4.78 is 1.81. The zero-order valence-corrected chi connectivity index (χ0v) is 11.3. The minimum atomic E-state index is 0.276. The summed E-state index contributed by atoms with van der Waals surface area (Å²) in [7, 11) is 0. The Morgan fingerprint density at radius 1 is 1.39 bits per heavy atom. The van der Waals surface area contributed by atoms with Gasteiger partial charge in [0.05, 0.1) is 0 Å². The molecule has 0 saturated heterocycles. The van der Waals surface area contributed by atoms with Crippen molar-refractivity contribution in [2.24, 2.45) is 0 Å². The van der Waals surface area contributed by atoms with Crippen LogP contribution in [0.5, 0.6) is 0 Å². The third kappa shape index (κ3) is 3.36.